The molecule has 5 heteroatoms. The molecule has 1 aromatic heterocycles. The predicted octanol–water partition coefficient (Wildman–Crippen LogP) is 3.10. The Morgan fingerprint density at radius 3 is 2.47 bits per heavy atom. The van der Waals surface area contributed by atoms with Crippen LogP contribution in [0.25, 0.3) is 0 Å². The van der Waals surface area contributed by atoms with Gasteiger partial charge in [-0.2, -0.15) is 0 Å². The van der Waals surface area contributed by atoms with Gasteiger partial charge in [-0.3, -0.25) is 4.79 Å². The zero-order valence-electron chi connectivity index (χ0n) is 10.6. The second kappa shape index (κ2) is 5.67. The molecule has 2 aromatic rings. The number of esters is 1. The molecule has 0 fully saturated rings. The largest absolute Gasteiger partial charge is 0.465 e. The van der Waals surface area contributed by atoms with E-state index in [1.165, 1.54) is 18.4 Å². The number of hydrogen-bond donors (Lipinski definition) is 1. The van der Waals surface area contributed by atoms with E-state index >= 15 is 0 Å². The number of carbonyl (C=O) groups excluding carboxylic acids is 2. The molecule has 0 spiro atoms. The Morgan fingerprint density at radius 2 is 1.84 bits per heavy atom. The maximum absolute atomic E-state index is 12.0. The van der Waals surface area contributed by atoms with Gasteiger partial charge in [0.25, 0.3) is 5.91 Å². The van der Waals surface area contributed by atoms with Crippen LogP contribution in [0, 0.1) is 6.92 Å². The minimum Gasteiger partial charge on any atom is -0.465 e. The lowest BCUT2D eigenvalue weighted by Gasteiger charge is -2.05. The van der Waals surface area contributed by atoms with Crippen molar-refractivity contribution < 1.29 is 14.3 Å². The van der Waals surface area contributed by atoms with E-state index in [4.69, 9.17) is 0 Å². The summed E-state index contributed by atoms with van der Waals surface area (Å²) in [6.07, 6.45) is 0. The number of benzene rings is 1. The van der Waals surface area contributed by atoms with Gasteiger partial charge in [0.05, 0.1) is 12.7 Å². The molecule has 0 radical (unpaired) electrons. The van der Waals surface area contributed by atoms with Gasteiger partial charge in [0.2, 0.25) is 0 Å². The van der Waals surface area contributed by atoms with Gasteiger partial charge in [0.1, 0.15) is 5.00 Å². The van der Waals surface area contributed by atoms with Crippen LogP contribution in [0.3, 0.4) is 0 Å². The van der Waals surface area contributed by atoms with Crippen molar-refractivity contribution in [2.24, 2.45) is 0 Å². The normalized spacial score (nSPS) is 10.0. The summed E-state index contributed by atoms with van der Waals surface area (Å²) in [5, 5.41) is 4.95. The fourth-order valence-electron chi connectivity index (χ4n) is 1.56. The smallest absolute Gasteiger partial charge is 0.340 e. The zero-order chi connectivity index (χ0) is 13.8. The Hall–Kier alpha value is -2.14. The number of ether oxygens (including phenoxy) is 1. The Labute approximate surface area is 115 Å². The van der Waals surface area contributed by atoms with Crippen LogP contribution in [0.1, 0.15) is 26.3 Å². The summed E-state index contributed by atoms with van der Waals surface area (Å²) < 4.78 is 4.65. The van der Waals surface area contributed by atoms with Gasteiger partial charge in [-0.1, -0.05) is 17.7 Å². The molecule has 98 valence electrons. The van der Waals surface area contributed by atoms with Crippen molar-refractivity contribution in [3.8, 4) is 0 Å². The molecule has 0 saturated heterocycles. The number of methoxy groups -OCH3 is 1. The van der Waals surface area contributed by atoms with Gasteiger partial charge in [0.15, 0.2) is 0 Å². The summed E-state index contributed by atoms with van der Waals surface area (Å²) in [6.45, 7) is 1.95. The molecule has 1 N–H and O–H groups in total. The third kappa shape index (κ3) is 3.00. The first kappa shape index (κ1) is 13.3. The van der Waals surface area contributed by atoms with E-state index in [9.17, 15) is 9.59 Å². The summed E-state index contributed by atoms with van der Waals surface area (Å²) in [7, 11) is 1.31. The van der Waals surface area contributed by atoms with Crippen LogP contribution in [0.2, 0.25) is 0 Å². The van der Waals surface area contributed by atoms with E-state index in [0.29, 0.717) is 16.1 Å². The van der Waals surface area contributed by atoms with Gasteiger partial charge in [-0.15, -0.1) is 11.3 Å². The topological polar surface area (TPSA) is 55.4 Å². The molecule has 0 aliphatic carbocycles. The molecule has 0 aliphatic heterocycles. The summed E-state index contributed by atoms with van der Waals surface area (Å²) >= 11 is 1.29. The SMILES string of the molecule is COC(=O)c1ccsc1NC(=O)c1ccc(C)cc1. The predicted molar refractivity (Wildman–Crippen MR) is 74.8 cm³/mol. The number of thiophene rings is 1. The first-order chi connectivity index (χ1) is 9.11. The van der Waals surface area contributed by atoms with E-state index in [1.807, 2.05) is 19.1 Å². The lowest BCUT2D eigenvalue weighted by atomic mass is 10.1. The molecule has 2 rings (SSSR count). The average Bonchev–Trinajstić information content (AvgIpc) is 2.86. The van der Waals surface area contributed by atoms with Crippen LogP contribution >= 0.6 is 11.3 Å². The quantitative estimate of drug-likeness (QED) is 0.876. The zero-order valence-corrected chi connectivity index (χ0v) is 11.4. The maximum atomic E-state index is 12.0. The molecule has 4 nitrogen and oxygen atoms in total. The summed E-state index contributed by atoms with van der Waals surface area (Å²) in [5.74, 6) is -0.701. The van der Waals surface area contributed by atoms with Crippen molar-refractivity contribution in [1.82, 2.24) is 0 Å². The molecule has 0 unspecified atom stereocenters. The van der Waals surface area contributed by atoms with Gasteiger partial charge in [0, 0.05) is 5.56 Å². The monoisotopic (exact) mass is 275 g/mol. The van der Waals surface area contributed by atoms with E-state index in [-0.39, 0.29) is 5.91 Å². The van der Waals surface area contributed by atoms with Gasteiger partial charge in [-0.25, -0.2) is 4.79 Å². The molecule has 0 saturated carbocycles. The van der Waals surface area contributed by atoms with Crippen LogP contribution in [-0.4, -0.2) is 19.0 Å². The van der Waals surface area contributed by atoms with Crippen molar-refractivity contribution in [2.75, 3.05) is 12.4 Å². The van der Waals surface area contributed by atoms with Gasteiger partial charge < -0.3 is 10.1 Å². The van der Waals surface area contributed by atoms with E-state index < -0.39 is 5.97 Å². The van der Waals surface area contributed by atoms with Crippen molar-refractivity contribution in [1.29, 1.82) is 0 Å². The third-order valence-corrected chi connectivity index (χ3v) is 3.44. The lowest BCUT2D eigenvalue weighted by molar-refractivity contribution is 0.0602. The summed E-state index contributed by atoms with van der Waals surface area (Å²) in [6, 6.07) is 8.85. The highest BCUT2D eigenvalue weighted by Gasteiger charge is 2.15. The Morgan fingerprint density at radius 1 is 1.16 bits per heavy atom. The highest BCUT2D eigenvalue weighted by atomic mass is 32.1. The van der Waals surface area contributed by atoms with E-state index in [1.54, 1.807) is 23.6 Å². The molecule has 0 bridgehead atoms. The molecule has 0 aliphatic rings. The molecule has 1 heterocycles. The third-order valence-electron chi connectivity index (χ3n) is 2.61. The number of hydrogen-bond acceptors (Lipinski definition) is 4. The first-order valence-corrected chi connectivity index (χ1v) is 6.53. The van der Waals surface area contributed by atoms with Crippen molar-refractivity contribution in [3.63, 3.8) is 0 Å². The summed E-state index contributed by atoms with van der Waals surface area (Å²) in [4.78, 5) is 23.5. The Kier molecular flexibility index (Phi) is 3.97. The van der Waals surface area contributed by atoms with Crippen LogP contribution < -0.4 is 5.32 Å². The first-order valence-electron chi connectivity index (χ1n) is 5.65. The number of amides is 1. The van der Waals surface area contributed by atoms with Crippen molar-refractivity contribution in [3.05, 3.63) is 52.4 Å². The maximum Gasteiger partial charge on any atom is 0.340 e. The number of anilines is 1. The Bertz CT molecular complexity index is 601. The Balaban J connectivity index is 2.17. The lowest BCUT2D eigenvalue weighted by Crippen LogP contribution is -2.13. The number of carbonyl (C=O) groups is 2. The minimum absolute atomic E-state index is 0.243. The standard InChI is InChI=1S/C14H13NO3S/c1-9-3-5-10(6-4-9)12(16)15-13-11(7-8-19-13)14(17)18-2/h3-8H,1-2H3,(H,15,16). The van der Waals surface area contributed by atoms with Gasteiger partial charge in [-0.05, 0) is 30.5 Å². The second-order valence-corrected chi connectivity index (χ2v) is 4.89. The molecular weight excluding hydrogens is 262 g/mol. The molecular formula is C14H13NO3S. The number of nitrogens with one attached hydrogen (secondary N) is 1. The van der Waals surface area contributed by atoms with Crippen LogP contribution in [0.15, 0.2) is 35.7 Å². The number of aryl methyl sites for hydroxylation is 1. The van der Waals surface area contributed by atoms with E-state index in [0.717, 1.165) is 5.56 Å². The molecule has 1 amide bonds. The molecule has 19 heavy (non-hydrogen) atoms. The highest BCUT2D eigenvalue weighted by Crippen LogP contribution is 2.24. The summed E-state index contributed by atoms with van der Waals surface area (Å²) in [5.41, 5.74) is 2.01. The highest BCUT2D eigenvalue weighted by molar-refractivity contribution is 7.14. The van der Waals surface area contributed by atoms with Crippen LogP contribution in [0.4, 0.5) is 5.00 Å². The van der Waals surface area contributed by atoms with E-state index in [2.05, 4.69) is 10.1 Å². The van der Waals surface area contributed by atoms with Gasteiger partial charge >= 0.3 is 5.97 Å². The number of rotatable bonds is 3. The fraction of sp³-hybridized carbons (Fsp3) is 0.143. The van der Waals surface area contributed by atoms with Crippen molar-refractivity contribution in [2.45, 2.75) is 6.92 Å². The van der Waals surface area contributed by atoms with Crippen molar-refractivity contribution >= 4 is 28.2 Å². The minimum atomic E-state index is -0.458. The second-order valence-electron chi connectivity index (χ2n) is 3.98. The van der Waals surface area contributed by atoms with Crippen LogP contribution in [0.5, 0.6) is 0 Å². The molecule has 0 atom stereocenters. The molecule has 1 aromatic carbocycles. The fourth-order valence-corrected chi connectivity index (χ4v) is 2.33. The van der Waals surface area contributed by atoms with Crippen LogP contribution in [-0.2, 0) is 4.74 Å². The average molecular weight is 275 g/mol.